The lowest BCUT2D eigenvalue weighted by molar-refractivity contribution is 0.408. The first kappa shape index (κ1) is 11.6. The van der Waals surface area contributed by atoms with E-state index in [0.29, 0.717) is 18.1 Å². The molecule has 3 heterocycles. The average molecular weight is 258 g/mol. The topological polar surface area (TPSA) is 95.6 Å². The van der Waals surface area contributed by atoms with E-state index in [2.05, 4.69) is 24.7 Å². The molecule has 0 saturated heterocycles. The zero-order chi connectivity index (χ0) is 13.4. The van der Waals surface area contributed by atoms with Crippen LogP contribution in [-0.4, -0.2) is 24.7 Å². The fraction of sp³-hybridized carbons (Fsp3) is 0.333. The first-order valence-electron chi connectivity index (χ1n) is 5.99. The number of hydrogen-bond acceptors (Lipinski definition) is 6. The van der Waals surface area contributed by atoms with Crippen LogP contribution in [0.5, 0.6) is 0 Å². The summed E-state index contributed by atoms with van der Waals surface area (Å²) in [4.78, 5) is 12.4. The summed E-state index contributed by atoms with van der Waals surface area (Å²) in [5.74, 6) is 1.20. The van der Waals surface area contributed by atoms with Gasteiger partial charge in [-0.25, -0.2) is 9.97 Å². The third-order valence-electron chi connectivity index (χ3n) is 3.40. The largest absolute Gasteiger partial charge is 0.383 e. The van der Waals surface area contributed by atoms with Crippen molar-refractivity contribution in [2.75, 3.05) is 5.73 Å². The number of nitrogens with zero attached hydrogens (tertiary/aromatic N) is 5. The molecule has 0 radical (unpaired) electrons. The third-order valence-corrected chi connectivity index (χ3v) is 3.40. The van der Waals surface area contributed by atoms with E-state index in [0.717, 1.165) is 28.8 Å². The van der Waals surface area contributed by atoms with Gasteiger partial charge in [0, 0.05) is 18.7 Å². The lowest BCUT2D eigenvalue weighted by Gasteiger charge is -2.05. The van der Waals surface area contributed by atoms with E-state index < -0.39 is 0 Å². The molecular formula is C12H14N6O. The fourth-order valence-corrected chi connectivity index (χ4v) is 2.28. The molecule has 0 amide bonds. The summed E-state index contributed by atoms with van der Waals surface area (Å²) in [6.45, 7) is 4.81. The van der Waals surface area contributed by atoms with Crippen molar-refractivity contribution in [3.8, 4) is 0 Å². The molecule has 0 spiro atoms. The predicted octanol–water partition coefficient (Wildman–Crippen LogP) is 1.26. The van der Waals surface area contributed by atoms with Gasteiger partial charge in [-0.15, -0.1) is 0 Å². The molecule has 0 fully saturated rings. The lowest BCUT2D eigenvalue weighted by Crippen LogP contribution is -2.05. The van der Waals surface area contributed by atoms with Gasteiger partial charge in [0.1, 0.15) is 17.8 Å². The Bertz CT molecular complexity index is 715. The normalized spacial score (nSPS) is 11.3. The number of hydrogen-bond donors (Lipinski definition) is 1. The molecule has 19 heavy (non-hydrogen) atoms. The van der Waals surface area contributed by atoms with Crippen molar-refractivity contribution in [1.82, 2.24) is 24.7 Å². The van der Waals surface area contributed by atoms with Gasteiger partial charge in [-0.1, -0.05) is 5.16 Å². The maximum atomic E-state index is 5.93. The van der Waals surface area contributed by atoms with Gasteiger partial charge < -0.3 is 14.8 Å². The van der Waals surface area contributed by atoms with Crippen LogP contribution in [0.1, 0.15) is 17.1 Å². The summed E-state index contributed by atoms with van der Waals surface area (Å²) in [6, 6.07) is 0. The Morgan fingerprint density at radius 3 is 2.84 bits per heavy atom. The summed E-state index contributed by atoms with van der Waals surface area (Å²) in [7, 11) is 0. The molecule has 7 nitrogen and oxygen atoms in total. The van der Waals surface area contributed by atoms with Gasteiger partial charge in [0.05, 0.1) is 5.39 Å². The van der Waals surface area contributed by atoms with Crippen LogP contribution in [0.25, 0.3) is 11.0 Å². The summed E-state index contributed by atoms with van der Waals surface area (Å²) in [5, 5.41) is 4.73. The fourth-order valence-electron chi connectivity index (χ4n) is 2.28. The van der Waals surface area contributed by atoms with Crippen LogP contribution < -0.4 is 5.73 Å². The summed E-state index contributed by atoms with van der Waals surface area (Å²) < 4.78 is 6.84. The van der Waals surface area contributed by atoms with E-state index in [-0.39, 0.29) is 0 Å². The van der Waals surface area contributed by atoms with Gasteiger partial charge >= 0.3 is 0 Å². The molecule has 2 N–H and O–H groups in total. The van der Waals surface area contributed by atoms with E-state index in [1.807, 2.05) is 13.8 Å². The van der Waals surface area contributed by atoms with Crippen molar-refractivity contribution < 1.29 is 4.52 Å². The molecule has 98 valence electrons. The quantitative estimate of drug-likeness (QED) is 0.759. The van der Waals surface area contributed by atoms with Crippen LogP contribution in [0.15, 0.2) is 17.2 Å². The predicted molar refractivity (Wildman–Crippen MR) is 69.4 cm³/mol. The van der Waals surface area contributed by atoms with E-state index in [1.165, 1.54) is 12.7 Å². The van der Waals surface area contributed by atoms with Crippen LogP contribution in [0.2, 0.25) is 0 Å². The highest BCUT2D eigenvalue weighted by Crippen LogP contribution is 2.26. The van der Waals surface area contributed by atoms with E-state index in [4.69, 9.17) is 10.3 Å². The molecule has 0 aliphatic heterocycles. The zero-order valence-corrected chi connectivity index (χ0v) is 10.8. The van der Waals surface area contributed by atoms with Gasteiger partial charge in [0.25, 0.3) is 0 Å². The molecule has 0 saturated carbocycles. The number of aromatic nitrogens is 5. The summed E-state index contributed by atoms with van der Waals surface area (Å²) in [5.41, 5.74) is 9.02. The molecular weight excluding hydrogens is 244 g/mol. The van der Waals surface area contributed by atoms with Crippen LogP contribution in [0.3, 0.4) is 0 Å². The van der Waals surface area contributed by atoms with Crippen molar-refractivity contribution in [1.29, 1.82) is 0 Å². The molecule has 0 unspecified atom stereocenters. The van der Waals surface area contributed by atoms with Crippen LogP contribution >= 0.6 is 0 Å². The van der Waals surface area contributed by atoms with E-state index in [1.54, 1.807) is 0 Å². The molecule has 0 atom stereocenters. The second kappa shape index (κ2) is 4.34. The second-order valence-electron chi connectivity index (χ2n) is 4.42. The number of anilines is 1. The Morgan fingerprint density at radius 1 is 1.26 bits per heavy atom. The Morgan fingerprint density at radius 2 is 2.11 bits per heavy atom. The molecule has 7 heteroatoms. The van der Waals surface area contributed by atoms with E-state index in [9.17, 15) is 0 Å². The highest BCUT2D eigenvalue weighted by molar-refractivity contribution is 5.90. The van der Waals surface area contributed by atoms with Gasteiger partial charge in [-0.2, -0.15) is 4.98 Å². The third kappa shape index (κ3) is 1.83. The van der Waals surface area contributed by atoms with Crippen molar-refractivity contribution in [3.05, 3.63) is 29.8 Å². The molecule has 3 rings (SSSR count). The molecule has 3 aromatic heterocycles. The van der Waals surface area contributed by atoms with Crippen molar-refractivity contribution >= 4 is 16.9 Å². The standard InChI is InChI=1S/C12H14N6O/c1-7-8(2)18(4-3-9-16-6-19-17-9)12-10(7)11(13)14-5-15-12/h5-6H,3-4H2,1-2H3,(H2,13,14,15). The average Bonchev–Trinajstić information content (AvgIpc) is 2.98. The monoisotopic (exact) mass is 258 g/mol. The SMILES string of the molecule is Cc1c(C)n(CCc2ncon2)c2ncnc(N)c12. The molecule has 0 aliphatic rings. The number of rotatable bonds is 3. The lowest BCUT2D eigenvalue weighted by atomic mass is 10.2. The van der Waals surface area contributed by atoms with Gasteiger partial charge in [0.2, 0.25) is 6.39 Å². The molecule has 0 aliphatic carbocycles. The number of nitrogen functional groups attached to an aromatic ring is 1. The van der Waals surface area contributed by atoms with Gasteiger partial charge in [0.15, 0.2) is 5.82 Å². The van der Waals surface area contributed by atoms with Crippen molar-refractivity contribution in [2.24, 2.45) is 0 Å². The number of fused-ring (bicyclic) bond motifs is 1. The minimum Gasteiger partial charge on any atom is -0.383 e. The zero-order valence-electron chi connectivity index (χ0n) is 10.8. The van der Waals surface area contributed by atoms with Gasteiger partial charge in [-0.3, -0.25) is 0 Å². The first-order valence-corrected chi connectivity index (χ1v) is 5.99. The Labute approximate surface area is 109 Å². The smallest absolute Gasteiger partial charge is 0.213 e. The summed E-state index contributed by atoms with van der Waals surface area (Å²) >= 11 is 0. The van der Waals surface area contributed by atoms with Crippen LogP contribution in [-0.2, 0) is 13.0 Å². The second-order valence-corrected chi connectivity index (χ2v) is 4.42. The maximum absolute atomic E-state index is 5.93. The number of nitrogens with two attached hydrogens (primary N) is 1. The first-order chi connectivity index (χ1) is 9.18. The summed E-state index contributed by atoms with van der Waals surface area (Å²) in [6.07, 6.45) is 3.51. The highest BCUT2D eigenvalue weighted by Gasteiger charge is 2.15. The van der Waals surface area contributed by atoms with E-state index >= 15 is 0 Å². The van der Waals surface area contributed by atoms with Crippen LogP contribution in [0, 0.1) is 13.8 Å². The van der Waals surface area contributed by atoms with Crippen LogP contribution in [0.4, 0.5) is 5.82 Å². The Balaban J connectivity index is 2.03. The molecule has 3 aromatic rings. The number of aryl methyl sites for hydroxylation is 3. The van der Waals surface area contributed by atoms with Crippen molar-refractivity contribution in [3.63, 3.8) is 0 Å². The minimum absolute atomic E-state index is 0.518. The Kier molecular flexibility index (Phi) is 2.66. The highest BCUT2D eigenvalue weighted by atomic mass is 16.5. The van der Waals surface area contributed by atoms with Gasteiger partial charge in [-0.05, 0) is 19.4 Å². The minimum atomic E-state index is 0.518. The molecule has 0 aromatic carbocycles. The maximum Gasteiger partial charge on any atom is 0.213 e. The van der Waals surface area contributed by atoms with Crippen molar-refractivity contribution in [2.45, 2.75) is 26.8 Å². The molecule has 0 bridgehead atoms. The Hall–Kier alpha value is -2.44.